The van der Waals surface area contributed by atoms with Crippen LogP contribution in [0.3, 0.4) is 0 Å². The molecule has 94 valence electrons. The van der Waals surface area contributed by atoms with Gasteiger partial charge in [-0.1, -0.05) is 30.3 Å². The first-order chi connectivity index (χ1) is 8.44. The summed E-state index contributed by atoms with van der Waals surface area (Å²) in [4.78, 5) is 11.3. The molecule has 0 bridgehead atoms. The zero-order valence-electron chi connectivity index (χ0n) is 8.90. The number of hydrogen-bond acceptors (Lipinski definition) is 3. The first kappa shape index (κ1) is 13.3. The number of carbonyl (C=O) groups is 1. The van der Waals surface area contributed by atoms with Gasteiger partial charge in [-0.15, -0.1) is 0 Å². The molecule has 0 aromatic heterocycles. The number of rotatable bonds is 1. The third-order valence-electron chi connectivity index (χ3n) is 2.12. The minimum absolute atomic E-state index is 0.313. The Bertz CT molecular complexity index is 578. The molecule has 2 aromatic rings. The van der Waals surface area contributed by atoms with Gasteiger partial charge in [0.25, 0.3) is 0 Å². The van der Waals surface area contributed by atoms with Crippen LogP contribution in [0.1, 0.15) is 0 Å². The molecule has 18 heavy (non-hydrogen) atoms. The van der Waals surface area contributed by atoms with Gasteiger partial charge in [-0.25, -0.2) is 4.79 Å². The second-order valence-electron chi connectivity index (χ2n) is 3.41. The van der Waals surface area contributed by atoms with Crippen molar-refractivity contribution < 1.29 is 14.3 Å². The van der Waals surface area contributed by atoms with Crippen LogP contribution < -0.4 is 4.74 Å². The molecule has 0 aliphatic rings. The largest absolute Gasteiger partial charge is 0.517 e. The summed E-state index contributed by atoms with van der Waals surface area (Å²) in [6.07, 6.45) is -1.08. The Balaban J connectivity index is 2.15. The van der Waals surface area contributed by atoms with Crippen molar-refractivity contribution in [3.63, 3.8) is 0 Å². The van der Waals surface area contributed by atoms with Crippen LogP contribution in [-0.4, -0.2) is 10.1 Å². The molecule has 6 heteroatoms. The molecule has 0 atom stereocenters. The smallest absolute Gasteiger partial charge is 0.395 e. The Morgan fingerprint density at radius 3 is 2.33 bits per heavy atom. The standard InChI is InChI=1S/C12H7Cl3O3/c13-12(14,15)18-11(16)17-10-6-5-8-3-1-2-4-9(8)7-10/h1-7H. The lowest BCUT2D eigenvalue weighted by molar-refractivity contribution is 0.0969. The third kappa shape index (κ3) is 3.67. The predicted octanol–water partition coefficient (Wildman–Crippen LogP) is 4.68. The monoisotopic (exact) mass is 304 g/mol. The summed E-state index contributed by atoms with van der Waals surface area (Å²) in [7, 11) is 0. The predicted molar refractivity (Wildman–Crippen MR) is 71.3 cm³/mol. The zero-order chi connectivity index (χ0) is 13.2. The van der Waals surface area contributed by atoms with E-state index in [2.05, 4.69) is 4.74 Å². The molecule has 0 aliphatic heterocycles. The second-order valence-corrected chi connectivity index (χ2v) is 5.59. The van der Waals surface area contributed by atoms with Gasteiger partial charge >= 0.3 is 10.1 Å². The third-order valence-corrected chi connectivity index (χ3v) is 2.35. The molecule has 0 aliphatic carbocycles. The molecule has 0 spiro atoms. The number of hydrogen-bond donors (Lipinski definition) is 0. The number of alkyl halides is 3. The van der Waals surface area contributed by atoms with Crippen LogP contribution in [0.15, 0.2) is 42.5 Å². The maximum atomic E-state index is 11.3. The van der Waals surface area contributed by atoms with E-state index in [0.717, 1.165) is 10.8 Å². The van der Waals surface area contributed by atoms with E-state index < -0.39 is 10.1 Å². The highest BCUT2D eigenvalue weighted by molar-refractivity contribution is 6.66. The SMILES string of the molecule is O=C(Oc1ccc2ccccc2c1)OC(Cl)(Cl)Cl. The normalized spacial score (nSPS) is 11.3. The van der Waals surface area contributed by atoms with Crippen LogP contribution in [-0.2, 0) is 4.74 Å². The van der Waals surface area contributed by atoms with E-state index in [9.17, 15) is 4.79 Å². The summed E-state index contributed by atoms with van der Waals surface area (Å²) in [6.45, 7) is 0. The van der Waals surface area contributed by atoms with E-state index >= 15 is 0 Å². The summed E-state index contributed by atoms with van der Waals surface area (Å²) in [5, 5.41) is 1.95. The number of carbonyl (C=O) groups excluding carboxylic acids is 1. The van der Waals surface area contributed by atoms with Gasteiger partial charge in [0.15, 0.2) is 0 Å². The molecule has 2 rings (SSSR count). The highest BCUT2D eigenvalue weighted by atomic mass is 35.6. The Kier molecular flexibility index (Phi) is 3.85. The van der Waals surface area contributed by atoms with Crippen LogP contribution in [0.4, 0.5) is 4.79 Å². The van der Waals surface area contributed by atoms with Crippen molar-refractivity contribution >= 4 is 51.7 Å². The molecule has 0 heterocycles. The van der Waals surface area contributed by atoms with Crippen molar-refractivity contribution in [2.75, 3.05) is 0 Å². The molecule has 3 nitrogen and oxygen atoms in total. The van der Waals surface area contributed by atoms with Crippen molar-refractivity contribution in [1.82, 2.24) is 0 Å². The van der Waals surface area contributed by atoms with E-state index in [4.69, 9.17) is 39.5 Å². The van der Waals surface area contributed by atoms with Gasteiger partial charge in [0, 0.05) is 0 Å². The van der Waals surface area contributed by atoms with Crippen LogP contribution in [0.2, 0.25) is 0 Å². The van der Waals surface area contributed by atoms with Gasteiger partial charge in [0.1, 0.15) is 5.75 Å². The lowest BCUT2D eigenvalue weighted by Gasteiger charge is -2.11. The van der Waals surface area contributed by atoms with E-state index in [1.54, 1.807) is 12.1 Å². The van der Waals surface area contributed by atoms with Crippen molar-refractivity contribution in [3.8, 4) is 5.75 Å². The zero-order valence-corrected chi connectivity index (χ0v) is 11.2. The summed E-state index contributed by atoms with van der Waals surface area (Å²) in [5.74, 6) is 0.313. The minimum Gasteiger partial charge on any atom is -0.395 e. The van der Waals surface area contributed by atoms with E-state index in [1.807, 2.05) is 30.3 Å². The van der Waals surface area contributed by atoms with Gasteiger partial charge in [-0.2, -0.15) is 0 Å². The first-order valence-electron chi connectivity index (χ1n) is 4.90. The minimum atomic E-state index is -2.13. The number of ether oxygens (including phenoxy) is 2. The van der Waals surface area contributed by atoms with Gasteiger partial charge in [0.05, 0.1) is 0 Å². The van der Waals surface area contributed by atoms with Gasteiger partial charge in [-0.05, 0) is 57.7 Å². The van der Waals surface area contributed by atoms with Crippen LogP contribution >= 0.6 is 34.8 Å². The van der Waals surface area contributed by atoms with Crippen molar-refractivity contribution in [2.24, 2.45) is 0 Å². The fourth-order valence-corrected chi connectivity index (χ4v) is 1.63. The highest BCUT2D eigenvalue weighted by Crippen LogP contribution is 2.28. The van der Waals surface area contributed by atoms with Gasteiger partial charge in [-0.3, -0.25) is 0 Å². The lowest BCUT2D eigenvalue weighted by Crippen LogP contribution is -2.19. The van der Waals surface area contributed by atoms with Crippen LogP contribution in [0.25, 0.3) is 10.8 Å². The topological polar surface area (TPSA) is 35.5 Å². The summed E-state index contributed by atoms with van der Waals surface area (Å²) in [5.41, 5.74) is 0. The maximum Gasteiger partial charge on any atom is 0.517 e. The highest BCUT2D eigenvalue weighted by Gasteiger charge is 2.26. The second kappa shape index (κ2) is 5.22. The van der Waals surface area contributed by atoms with Crippen molar-refractivity contribution in [2.45, 2.75) is 3.98 Å². The first-order valence-corrected chi connectivity index (χ1v) is 6.04. The lowest BCUT2D eigenvalue weighted by atomic mass is 10.1. The Morgan fingerprint density at radius 2 is 1.67 bits per heavy atom. The molecular weight excluding hydrogens is 298 g/mol. The summed E-state index contributed by atoms with van der Waals surface area (Å²) < 4.78 is 7.14. The van der Waals surface area contributed by atoms with Crippen LogP contribution in [0, 0.1) is 0 Å². The van der Waals surface area contributed by atoms with Crippen LogP contribution in [0.5, 0.6) is 5.75 Å². The number of benzene rings is 2. The summed E-state index contributed by atoms with van der Waals surface area (Å²) >= 11 is 15.9. The molecule has 2 aromatic carbocycles. The Labute approximate surface area is 118 Å². The molecule has 0 saturated heterocycles. The Hall–Kier alpha value is -1.16. The molecule has 0 amide bonds. The van der Waals surface area contributed by atoms with Crippen molar-refractivity contribution in [3.05, 3.63) is 42.5 Å². The molecule has 0 unspecified atom stereocenters. The maximum absolute atomic E-state index is 11.3. The van der Waals surface area contributed by atoms with E-state index in [-0.39, 0.29) is 0 Å². The summed E-state index contributed by atoms with van der Waals surface area (Å²) in [6, 6.07) is 12.8. The molecule has 0 saturated carbocycles. The molecule has 0 N–H and O–H groups in total. The van der Waals surface area contributed by atoms with E-state index in [0.29, 0.717) is 5.75 Å². The number of halogens is 3. The average molecular weight is 306 g/mol. The van der Waals surface area contributed by atoms with Gasteiger partial charge in [0.2, 0.25) is 0 Å². The quantitative estimate of drug-likeness (QED) is 0.436. The molecule has 0 radical (unpaired) electrons. The molecular formula is C12H7Cl3O3. The van der Waals surface area contributed by atoms with E-state index in [1.165, 1.54) is 0 Å². The average Bonchev–Trinajstić information content (AvgIpc) is 2.26. The van der Waals surface area contributed by atoms with Crippen molar-refractivity contribution in [1.29, 1.82) is 0 Å². The fourth-order valence-electron chi connectivity index (χ4n) is 1.44. The molecule has 0 fully saturated rings. The number of fused-ring (bicyclic) bond motifs is 1. The van der Waals surface area contributed by atoms with Gasteiger partial charge < -0.3 is 9.47 Å². The Morgan fingerprint density at radius 1 is 1.00 bits per heavy atom. The fraction of sp³-hybridized carbons (Fsp3) is 0.0833.